The van der Waals surface area contributed by atoms with Gasteiger partial charge in [-0.3, -0.25) is 0 Å². The summed E-state index contributed by atoms with van der Waals surface area (Å²) in [4.78, 5) is 11.6. The Morgan fingerprint density at radius 3 is 2.69 bits per heavy atom. The molecular formula is C21H23N3S2. The molecule has 0 saturated carbocycles. The summed E-state index contributed by atoms with van der Waals surface area (Å²) in [6.45, 7) is 4.55. The number of thiazole rings is 1. The number of aromatic nitrogens is 2. The van der Waals surface area contributed by atoms with Crippen LogP contribution in [0.15, 0.2) is 42.0 Å². The lowest BCUT2D eigenvalue weighted by Gasteiger charge is -2.12. The van der Waals surface area contributed by atoms with Crippen molar-refractivity contribution in [2.75, 3.05) is 5.32 Å². The van der Waals surface area contributed by atoms with Gasteiger partial charge in [0.25, 0.3) is 0 Å². The number of thiophene rings is 1. The van der Waals surface area contributed by atoms with Crippen molar-refractivity contribution in [3.05, 3.63) is 46.9 Å². The number of anilines is 2. The van der Waals surface area contributed by atoms with E-state index in [0.29, 0.717) is 5.92 Å². The Hall–Kier alpha value is -1.98. The van der Waals surface area contributed by atoms with Crippen LogP contribution in [-0.2, 0) is 0 Å². The summed E-state index contributed by atoms with van der Waals surface area (Å²) in [5, 5.41) is 4.80. The highest BCUT2D eigenvalue weighted by molar-refractivity contribution is 7.18. The van der Waals surface area contributed by atoms with Crippen LogP contribution < -0.4 is 5.32 Å². The highest BCUT2D eigenvalue weighted by Gasteiger charge is 2.15. The van der Waals surface area contributed by atoms with Gasteiger partial charge in [-0.2, -0.15) is 0 Å². The van der Waals surface area contributed by atoms with Gasteiger partial charge in [-0.05, 0) is 49.1 Å². The average Bonchev–Trinajstić information content (AvgIpc) is 3.28. The number of pyridine rings is 1. The molecule has 0 aliphatic carbocycles. The van der Waals surface area contributed by atoms with Gasteiger partial charge in [0.1, 0.15) is 4.83 Å². The third kappa shape index (κ3) is 3.46. The van der Waals surface area contributed by atoms with Crippen molar-refractivity contribution in [2.45, 2.75) is 45.4 Å². The van der Waals surface area contributed by atoms with Gasteiger partial charge < -0.3 is 5.32 Å². The van der Waals surface area contributed by atoms with E-state index in [0.717, 1.165) is 21.7 Å². The van der Waals surface area contributed by atoms with Crippen molar-refractivity contribution in [1.29, 1.82) is 0 Å². The smallest absolute Gasteiger partial charge is 0.125 e. The summed E-state index contributed by atoms with van der Waals surface area (Å²) < 4.78 is 1.22. The molecule has 1 N–H and O–H groups in total. The van der Waals surface area contributed by atoms with E-state index in [2.05, 4.69) is 59.5 Å². The van der Waals surface area contributed by atoms with Gasteiger partial charge in [0.2, 0.25) is 0 Å². The van der Waals surface area contributed by atoms with E-state index < -0.39 is 0 Å². The molecule has 0 aliphatic rings. The first-order valence-corrected chi connectivity index (χ1v) is 11.0. The Kier molecular flexibility index (Phi) is 5.18. The average molecular weight is 382 g/mol. The zero-order chi connectivity index (χ0) is 17.9. The number of rotatable bonds is 7. The molecule has 0 fully saturated rings. The maximum Gasteiger partial charge on any atom is 0.125 e. The van der Waals surface area contributed by atoms with E-state index in [9.17, 15) is 0 Å². The summed E-state index contributed by atoms with van der Waals surface area (Å²) >= 11 is 3.53. The third-order valence-electron chi connectivity index (χ3n) is 4.74. The minimum atomic E-state index is 0.656. The molecule has 4 aromatic rings. The van der Waals surface area contributed by atoms with Crippen LogP contribution in [0.3, 0.4) is 0 Å². The zero-order valence-electron chi connectivity index (χ0n) is 15.2. The van der Waals surface area contributed by atoms with E-state index in [1.165, 1.54) is 40.6 Å². The molecule has 1 aromatic carbocycles. The van der Waals surface area contributed by atoms with Crippen LogP contribution >= 0.6 is 22.7 Å². The summed E-state index contributed by atoms with van der Waals surface area (Å²) in [5.74, 6) is 0.656. The maximum absolute atomic E-state index is 4.62. The molecule has 4 rings (SSSR count). The van der Waals surface area contributed by atoms with Crippen LogP contribution in [0.1, 0.15) is 50.3 Å². The molecule has 0 unspecified atom stereocenters. The molecule has 26 heavy (non-hydrogen) atoms. The van der Waals surface area contributed by atoms with E-state index in [1.54, 1.807) is 11.3 Å². The van der Waals surface area contributed by atoms with Crippen LogP contribution in [0, 0.1) is 0 Å². The molecule has 0 saturated heterocycles. The standard InChI is InChI=1S/C21H23N3S2/c1-3-5-14(6-4-2)20-12-16-17(9-10-22-21(16)26-20)24-15-7-8-19-18(11-15)23-13-25-19/h7-14H,3-6H2,1-2H3,(H,22,24). The van der Waals surface area contributed by atoms with Crippen molar-refractivity contribution in [2.24, 2.45) is 0 Å². The van der Waals surface area contributed by atoms with Crippen molar-refractivity contribution in [3.63, 3.8) is 0 Å². The van der Waals surface area contributed by atoms with E-state index in [1.807, 2.05) is 23.0 Å². The Morgan fingerprint density at radius 2 is 1.88 bits per heavy atom. The Labute approximate surface area is 162 Å². The second-order valence-corrected chi connectivity index (χ2v) is 8.61. The quantitative estimate of drug-likeness (QED) is 0.364. The van der Waals surface area contributed by atoms with Crippen LogP contribution in [-0.4, -0.2) is 9.97 Å². The largest absolute Gasteiger partial charge is 0.355 e. The molecule has 134 valence electrons. The number of fused-ring (bicyclic) bond motifs is 2. The number of nitrogens with zero attached hydrogens (tertiary/aromatic N) is 2. The second-order valence-electron chi connectivity index (χ2n) is 6.66. The van der Waals surface area contributed by atoms with Crippen LogP contribution in [0.5, 0.6) is 0 Å². The van der Waals surface area contributed by atoms with Crippen LogP contribution in [0.4, 0.5) is 11.4 Å². The molecule has 0 spiro atoms. The van der Waals surface area contributed by atoms with Crippen molar-refractivity contribution in [1.82, 2.24) is 9.97 Å². The Bertz CT molecular complexity index is 1010. The molecule has 3 heterocycles. The van der Waals surface area contributed by atoms with Crippen LogP contribution in [0.25, 0.3) is 20.4 Å². The topological polar surface area (TPSA) is 37.8 Å². The Balaban J connectivity index is 1.68. The summed E-state index contributed by atoms with van der Waals surface area (Å²) in [6, 6.07) is 10.8. The first-order chi connectivity index (χ1) is 12.8. The van der Waals surface area contributed by atoms with Gasteiger partial charge in [0, 0.05) is 22.1 Å². The van der Waals surface area contributed by atoms with Crippen LogP contribution in [0.2, 0.25) is 0 Å². The third-order valence-corrected chi connectivity index (χ3v) is 6.76. The normalized spacial score (nSPS) is 11.7. The van der Waals surface area contributed by atoms with Gasteiger partial charge in [-0.15, -0.1) is 22.7 Å². The van der Waals surface area contributed by atoms with Gasteiger partial charge in [-0.1, -0.05) is 26.7 Å². The predicted molar refractivity (Wildman–Crippen MR) is 115 cm³/mol. The number of nitrogens with one attached hydrogen (secondary N) is 1. The fourth-order valence-electron chi connectivity index (χ4n) is 3.49. The molecule has 0 atom stereocenters. The highest BCUT2D eigenvalue weighted by Crippen LogP contribution is 2.38. The molecule has 0 aliphatic heterocycles. The number of hydrogen-bond acceptors (Lipinski definition) is 5. The SMILES string of the molecule is CCCC(CCC)c1cc2c(Nc3ccc4scnc4c3)ccnc2s1. The first-order valence-electron chi connectivity index (χ1n) is 9.27. The van der Waals surface area contributed by atoms with Gasteiger partial charge in [-0.25, -0.2) is 9.97 Å². The lowest BCUT2D eigenvalue weighted by Crippen LogP contribution is -1.95. The number of benzene rings is 1. The highest BCUT2D eigenvalue weighted by atomic mass is 32.1. The van der Waals surface area contributed by atoms with Gasteiger partial charge in [0.15, 0.2) is 0 Å². The lowest BCUT2D eigenvalue weighted by atomic mass is 9.96. The molecule has 0 radical (unpaired) electrons. The monoisotopic (exact) mass is 381 g/mol. The van der Waals surface area contributed by atoms with E-state index >= 15 is 0 Å². The molecule has 3 nitrogen and oxygen atoms in total. The predicted octanol–water partition coefficient (Wildman–Crippen LogP) is 7.33. The van der Waals surface area contributed by atoms with Crippen molar-refractivity contribution >= 4 is 54.5 Å². The Morgan fingerprint density at radius 1 is 1.04 bits per heavy atom. The molecule has 0 amide bonds. The minimum absolute atomic E-state index is 0.656. The van der Waals surface area contributed by atoms with Crippen molar-refractivity contribution < 1.29 is 0 Å². The molecule has 3 aromatic heterocycles. The fraction of sp³-hybridized carbons (Fsp3) is 0.333. The summed E-state index contributed by atoms with van der Waals surface area (Å²) in [5.41, 5.74) is 5.13. The van der Waals surface area contributed by atoms with E-state index in [4.69, 9.17) is 0 Å². The van der Waals surface area contributed by atoms with Gasteiger partial charge >= 0.3 is 0 Å². The fourth-order valence-corrected chi connectivity index (χ4v) is 5.34. The lowest BCUT2D eigenvalue weighted by molar-refractivity contribution is 0.569. The first kappa shape index (κ1) is 17.4. The molecule has 5 heteroatoms. The molecular weight excluding hydrogens is 358 g/mol. The molecule has 0 bridgehead atoms. The maximum atomic E-state index is 4.62. The zero-order valence-corrected chi connectivity index (χ0v) is 16.8. The minimum Gasteiger partial charge on any atom is -0.355 e. The summed E-state index contributed by atoms with van der Waals surface area (Å²) in [6.07, 6.45) is 6.87. The number of hydrogen-bond donors (Lipinski definition) is 1. The van der Waals surface area contributed by atoms with Crippen molar-refractivity contribution in [3.8, 4) is 0 Å². The van der Waals surface area contributed by atoms with E-state index in [-0.39, 0.29) is 0 Å². The second kappa shape index (κ2) is 7.72. The van der Waals surface area contributed by atoms with Gasteiger partial charge in [0.05, 0.1) is 21.4 Å². The summed E-state index contributed by atoms with van der Waals surface area (Å²) in [7, 11) is 0.